The Hall–Kier alpha value is -9.02. The summed E-state index contributed by atoms with van der Waals surface area (Å²) in [5.41, 5.74) is 12.6. The largest absolute Gasteiger partial charge is 0.483 e. The number of carbonyl (C=O) groups is 4. The van der Waals surface area contributed by atoms with Gasteiger partial charge in [-0.15, -0.1) is 0 Å². The standard InChI is InChI=1S/C118H154N6O10/c1-109(2,3)93-41-81-35-85-45-95(111(7,8)9)49-89(105(85)131-65-99(125)121-115-53-69-23-70(54-115)25-71(24-69)55-115)39-91-51-97(113(13,14)15)47-87(107(91)133-67-101(127)123-117-59-75-29-76(60-117)31-77(30-75)61-117)37-83-43-94(110(4,5)6)44-84(104(83)130-22-20-120)38-88-48-98(114(16,17)18)52-92(108(88)134-68-102(128)124-118-62-78-32-79(63-118)34-80(33-78)64-118)40-90-50-96(112(10,11)12)46-86(36-82(42-93)103(81)129-21-19-119)106(90)132-66-100(126)122-116-56-72-26-73(57-116)28-74(27-72)58-116/h41-52,69-80H,21-40,53-68H2,1-18H3,(H,121,125)(H,122,126)(H,123,127)(H,124,128). The second-order valence-corrected chi connectivity index (χ2v) is 52.3. The van der Waals surface area contributed by atoms with Gasteiger partial charge in [0, 0.05) is 60.7 Å². The van der Waals surface area contributed by atoms with E-state index in [-0.39, 0.29) is 124 Å². The number of nitrogens with one attached hydrogen (secondary N) is 4. The normalized spacial score (nSPS) is 29.1. The van der Waals surface area contributed by atoms with Crippen LogP contribution in [-0.2, 0) is 90.2 Å². The third kappa shape index (κ3) is 19.9. The van der Waals surface area contributed by atoms with Gasteiger partial charge in [0.1, 0.15) is 46.6 Å². The fourth-order valence-corrected chi connectivity index (χ4v) is 30.2. The van der Waals surface area contributed by atoms with Gasteiger partial charge < -0.3 is 49.7 Å². The highest BCUT2D eigenvalue weighted by atomic mass is 16.5. The van der Waals surface area contributed by atoms with E-state index in [0.717, 1.165) is 177 Å². The molecule has 23 rings (SSSR count). The minimum absolute atomic E-state index is 0.142. The molecule has 0 spiro atoms. The zero-order valence-electron chi connectivity index (χ0n) is 84.3. The van der Waals surface area contributed by atoms with Gasteiger partial charge in [-0.3, -0.25) is 19.2 Å². The van der Waals surface area contributed by atoms with Crippen molar-refractivity contribution in [3.05, 3.63) is 173 Å². The molecule has 0 aromatic heterocycles. The molecule has 16 heteroatoms. The van der Waals surface area contributed by atoms with Gasteiger partial charge in [0.05, 0.1) is 0 Å². The van der Waals surface area contributed by atoms with Crippen LogP contribution in [-0.4, -0.2) is 85.4 Å². The lowest BCUT2D eigenvalue weighted by atomic mass is 9.53. The average Bonchev–Trinajstić information content (AvgIpc) is 0.754. The molecule has 0 aliphatic heterocycles. The zero-order valence-corrected chi connectivity index (χ0v) is 84.3. The van der Waals surface area contributed by atoms with E-state index in [9.17, 15) is 10.5 Å². The number of benzene rings is 6. The molecular formula is C118H154N6O10. The molecule has 6 aromatic rings. The van der Waals surface area contributed by atoms with Crippen LogP contribution in [0.15, 0.2) is 72.8 Å². The number of ether oxygens (including phenoxy) is 6. The Morgan fingerprint density at radius 2 is 0.373 bits per heavy atom. The molecule has 4 amide bonds. The van der Waals surface area contributed by atoms with Crippen molar-refractivity contribution in [1.29, 1.82) is 10.5 Å². The second kappa shape index (κ2) is 35.1. The fourth-order valence-electron chi connectivity index (χ4n) is 30.2. The maximum atomic E-state index is 15.5. The third-order valence-electron chi connectivity index (χ3n) is 34.7. The van der Waals surface area contributed by atoms with E-state index in [1.54, 1.807) is 0 Å². The van der Waals surface area contributed by atoms with Crippen LogP contribution in [0.2, 0.25) is 0 Å². The minimum Gasteiger partial charge on any atom is -0.483 e. The van der Waals surface area contributed by atoms with Crippen LogP contribution in [0.5, 0.6) is 34.5 Å². The molecule has 0 heterocycles. The predicted molar refractivity (Wildman–Crippen MR) is 528 cm³/mol. The van der Waals surface area contributed by atoms with E-state index in [1.807, 2.05) is 0 Å². The molecule has 134 heavy (non-hydrogen) atoms. The molecule has 0 radical (unpaired) electrons. The number of hydrogen-bond donors (Lipinski definition) is 4. The summed E-state index contributed by atoms with van der Waals surface area (Å²) in [6.07, 6.45) is 28.2. The van der Waals surface area contributed by atoms with Crippen LogP contribution in [0.3, 0.4) is 0 Å². The molecule has 6 aromatic carbocycles. The molecule has 16 fully saturated rings. The molecule has 28 bridgehead atoms. The first kappa shape index (κ1) is 94.0. The number of rotatable bonds is 20. The first-order valence-corrected chi connectivity index (χ1v) is 52.0. The van der Waals surface area contributed by atoms with Gasteiger partial charge in [-0.25, -0.2) is 0 Å². The fraction of sp³-hybridized carbons (Fsp3) is 0.644. The summed E-state index contributed by atoms with van der Waals surface area (Å²) < 4.78 is 44.4. The van der Waals surface area contributed by atoms with Crippen molar-refractivity contribution in [3.8, 4) is 46.6 Å². The molecule has 16 saturated carbocycles. The van der Waals surface area contributed by atoms with Crippen molar-refractivity contribution in [2.75, 3.05) is 39.6 Å². The van der Waals surface area contributed by atoms with Crippen LogP contribution < -0.4 is 49.7 Å². The molecule has 4 N–H and O–H groups in total. The lowest BCUT2D eigenvalue weighted by Crippen LogP contribution is -2.60. The van der Waals surface area contributed by atoms with Crippen LogP contribution in [0.4, 0.5) is 0 Å². The maximum Gasteiger partial charge on any atom is 0.258 e. The first-order valence-electron chi connectivity index (χ1n) is 52.0. The van der Waals surface area contributed by atoms with Gasteiger partial charge in [-0.1, -0.05) is 197 Å². The molecule has 16 nitrogen and oxygen atoms in total. The Labute approximate surface area is 800 Å². The Morgan fingerprint density at radius 1 is 0.246 bits per heavy atom. The Morgan fingerprint density at radius 3 is 0.493 bits per heavy atom. The topological polar surface area (TPSA) is 219 Å². The van der Waals surface area contributed by atoms with E-state index in [0.29, 0.717) is 106 Å². The smallest absolute Gasteiger partial charge is 0.258 e. The summed E-state index contributed by atoms with van der Waals surface area (Å²) in [5.74, 6) is 10.1. The first-order chi connectivity index (χ1) is 63.2. The van der Waals surface area contributed by atoms with Crippen LogP contribution in [0.25, 0.3) is 0 Å². The molecular weight excluding hydrogens is 1660 g/mol. The van der Waals surface area contributed by atoms with Gasteiger partial charge in [0.15, 0.2) is 39.6 Å². The highest BCUT2D eigenvalue weighted by Gasteiger charge is 2.56. The second-order valence-electron chi connectivity index (χ2n) is 52.3. The predicted octanol–water partition coefficient (Wildman–Crippen LogP) is 23.0. The van der Waals surface area contributed by atoms with Crippen LogP contribution in [0.1, 0.15) is 379 Å². The van der Waals surface area contributed by atoms with Crippen LogP contribution in [0, 0.1) is 93.7 Å². The summed E-state index contributed by atoms with van der Waals surface area (Å²) in [6.45, 7) is 39.0. The van der Waals surface area contributed by atoms with E-state index < -0.39 is 32.5 Å². The summed E-state index contributed by atoms with van der Waals surface area (Å²) >= 11 is 0. The van der Waals surface area contributed by atoms with Gasteiger partial charge in [0.25, 0.3) is 23.6 Å². The van der Waals surface area contributed by atoms with E-state index in [4.69, 9.17) is 28.4 Å². The quantitative estimate of drug-likeness (QED) is 0.0560. The van der Waals surface area contributed by atoms with E-state index in [1.165, 1.54) is 77.0 Å². The molecule has 17 aliphatic carbocycles. The summed E-state index contributed by atoms with van der Waals surface area (Å²) in [6, 6.07) is 32.1. The van der Waals surface area contributed by atoms with E-state index >= 15 is 19.2 Å². The Balaban J connectivity index is 0.841. The van der Waals surface area contributed by atoms with Crippen molar-refractivity contribution in [2.45, 2.75) is 372 Å². The molecule has 716 valence electrons. The summed E-state index contributed by atoms with van der Waals surface area (Å²) in [5, 5.41) is 36.8. The Bertz CT molecular complexity index is 4880. The lowest BCUT2D eigenvalue weighted by Gasteiger charge is -2.56. The van der Waals surface area contributed by atoms with Gasteiger partial charge >= 0.3 is 0 Å². The molecule has 0 unspecified atom stereocenters. The van der Waals surface area contributed by atoms with Crippen molar-refractivity contribution < 1.29 is 47.6 Å². The van der Waals surface area contributed by atoms with Crippen molar-refractivity contribution >= 4 is 23.6 Å². The van der Waals surface area contributed by atoms with Gasteiger partial charge in [-0.2, -0.15) is 10.5 Å². The SMILES string of the molecule is CC(C)(C)c1cc2c(OCC#N)c(c1)Cc1cc(C(C)(C)C)cc(c1OCC(=O)NC13CC4CC(CC(C4)C1)C3)Cc1cc(C(C)(C)C)cc(c1OCC(=O)NC13CC4CC(CC(C4)C1)C3)Cc1cc(C(C)(C)C)cc(c1OCC#N)Cc1cc(C(C)(C)C)cc(c1OCC(=O)NC13CC4CC(CC(C4)C1)C3)Cc1cc(C(C)(C)C)cc(c1OCC(=O)NC13CC4CC(CC(C4)C1)C3)C2. The molecule has 0 atom stereocenters. The number of fused-ring (bicyclic) bond motifs is 12. The number of hydrogen-bond acceptors (Lipinski definition) is 12. The lowest BCUT2D eigenvalue weighted by molar-refractivity contribution is -0.129. The maximum absolute atomic E-state index is 15.5. The van der Waals surface area contributed by atoms with Crippen LogP contribution >= 0.6 is 0 Å². The molecule has 0 saturated heterocycles. The monoisotopic (exact) mass is 1820 g/mol. The highest BCUT2D eigenvalue weighted by Crippen LogP contribution is 2.61. The van der Waals surface area contributed by atoms with Crippen molar-refractivity contribution in [3.63, 3.8) is 0 Å². The number of carbonyl (C=O) groups excluding carboxylic acids is 4. The average molecular weight is 1820 g/mol. The number of amides is 4. The number of nitriles is 2. The van der Waals surface area contributed by atoms with Gasteiger partial charge in [-0.05, 0) is 358 Å². The Kier molecular flexibility index (Phi) is 24.6. The van der Waals surface area contributed by atoms with E-state index in [2.05, 4.69) is 231 Å². The summed E-state index contributed by atoms with van der Waals surface area (Å²) in [4.78, 5) is 62.0. The number of nitrogens with zero attached hydrogens (tertiary/aromatic N) is 2. The summed E-state index contributed by atoms with van der Waals surface area (Å²) in [7, 11) is 0. The van der Waals surface area contributed by atoms with Crippen molar-refractivity contribution in [2.24, 2.45) is 71.0 Å². The van der Waals surface area contributed by atoms with Gasteiger partial charge in [0.2, 0.25) is 0 Å². The highest BCUT2D eigenvalue weighted by molar-refractivity contribution is 5.81. The molecule has 17 aliphatic rings. The zero-order chi connectivity index (χ0) is 94.5. The van der Waals surface area contributed by atoms with Crippen molar-refractivity contribution in [1.82, 2.24) is 21.3 Å². The third-order valence-corrected chi connectivity index (χ3v) is 34.7. The minimum atomic E-state index is -0.440.